The molecule has 2 aliphatic rings. The van der Waals surface area contributed by atoms with E-state index in [0.717, 1.165) is 29.9 Å². The molecule has 0 saturated carbocycles. The summed E-state index contributed by atoms with van der Waals surface area (Å²) in [6.45, 7) is 5.47. The molecule has 1 N–H and O–H groups in total. The third-order valence-corrected chi connectivity index (χ3v) is 5.26. The third kappa shape index (κ3) is 3.54. The Labute approximate surface area is 164 Å². The summed E-state index contributed by atoms with van der Waals surface area (Å²) in [5, 5.41) is 2.72. The Morgan fingerprint density at radius 2 is 1.75 bits per heavy atom. The normalized spacial score (nSPS) is 18.1. The minimum atomic E-state index is -0.134. The molecule has 2 aromatic rings. The van der Waals surface area contributed by atoms with E-state index >= 15 is 0 Å². The lowest BCUT2D eigenvalue weighted by molar-refractivity contribution is -0.114. The van der Waals surface area contributed by atoms with Crippen molar-refractivity contribution in [1.82, 2.24) is 4.90 Å². The van der Waals surface area contributed by atoms with E-state index in [1.807, 2.05) is 17.9 Å². The molecule has 0 saturated heterocycles. The summed E-state index contributed by atoms with van der Waals surface area (Å²) in [5.74, 6) is 1.42. The van der Waals surface area contributed by atoms with Crippen LogP contribution in [0.1, 0.15) is 47.8 Å². The first-order chi connectivity index (χ1) is 13.5. The summed E-state index contributed by atoms with van der Waals surface area (Å²) in [6, 6.07) is 11.1. The fourth-order valence-electron chi connectivity index (χ4n) is 3.82. The van der Waals surface area contributed by atoms with Gasteiger partial charge >= 0.3 is 0 Å². The van der Waals surface area contributed by atoms with E-state index in [9.17, 15) is 9.59 Å². The number of amides is 2. The number of ether oxygens (including phenoxy) is 2. The zero-order chi connectivity index (χ0) is 19.7. The Hall–Kier alpha value is -3.02. The van der Waals surface area contributed by atoms with Gasteiger partial charge in [0, 0.05) is 31.1 Å². The number of fused-ring (bicyclic) bond motifs is 2. The third-order valence-electron chi connectivity index (χ3n) is 5.26. The summed E-state index contributed by atoms with van der Waals surface area (Å²) < 4.78 is 11.6. The van der Waals surface area contributed by atoms with Crippen LogP contribution in [0.2, 0.25) is 0 Å². The number of carbonyl (C=O) groups excluding carboxylic acids is 2. The highest BCUT2D eigenvalue weighted by atomic mass is 16.5. The first-order valence-electron chi connectivity index (χ1n) is 9.64. The van der Waals surface area contributed by atoms with Crippen molar-refractivity contribution >= 4 is 17.5 Å². The van der Waals surface area contributed by atoms with E-state index in [4.69, 9.17) is 9.47 Å². The van der Waals surface area contributed by atoms with Crippen molar-refractivity contribution < 1.29 is 19.1 Å². The summed E-state index contributed by atoms with van der Waals surface area (Å²) >= 11 is 0. The topological polar surface area (TPSA) is 67.9 Å². The van der Waals surface area contributed by atoms with Crippen LogP contribution in [0.25, 0.3) is 0 Å². The van der Waals surface area contributed by atoms with Gasteiger partial charge in [-0.2, -0.15) is 0 Å². The van der Waals surface area contributed by atoms with Crippen LogP contribution in [0, 0.1) is 0 Å². The monoisotopic (exact) mass is 380 g/mol. The maximum atomic E-state index is 13.1. The zero-order valence-corrected chi connectivity index (χ0v) is 16.2. The summed E-state index contributed by atoms with van der Waals surface area (Å²) in [7, 11) is 0. The van der Waals surface area contributed by atoms with Gasteiger partial charge in [0.2, 0.25) is 5.91 Å². The van der Waals surface area contributed by atoms with Crippen LogP contribution < -0.4 is 14.8 Å². The molecule has 6 nitrogen and oxygen atoms in total. The molecule has 0 radical (unpaired) electrons. The standard InChI is InChI=1S/C22H24N2O4/c1-14-19-13-21-20(27-10-3-11-28-21)12-17(19)8-9-24(14)22(26)16-4-6-18(7-5-16)23-15(2)25/h4-7,12-14H,3,8-11H2,1-2H3,(H,23,25)/t14-/m1/s1. The number of anilines is 1. The average molecular weight is 380 g/mol. The number of carbonyl (C=O) groups is 2. The molecule has 0 aromatic heterocycles. The lowest BCUT2D eigenvalue weighted by atomic mass is 9.92. The van der Waals surface area contributed by atoms with Gasteiger partial charge in [-0.05, 0) is 60.9 Å². The zero-order valence-electron chi connectivity index (χ0n) is 16.2. The summed E-state index contributed by atoms with van der Waals surface area (Å²) in [6.07, 6.45) is 1.65. The lowest BCUT2D eigenvalue weighted by Crippen LogP contribution is -2.38. The van der Waals surface area contributed by atoms with Crippen molar-refractivity contribution in [2.24, 2.45) is 0 Å². The molecule has 2 aromatic carbocycles. The van der Waals surface area contributed by atoms with Crippen molar-refractivity contribution in [3.63, 3.8) is 0 Å². The van der Waals surface area contributed by atoms with E-state index in [1.54, 1.807) is 24.3 Å². The molecule has 4 rings (SSSR count). The van der Waals surface area contributed by atoms with Crippen LogP contribution in [0.15, 0.2) is 36.4 Å². The van der Waals surface area contributed by atoms with Crippen molar-refractivity contribution in [3.05, 3.63) is 53.1 Å². The summed E-state index contributed by atoms with van der Waals surface area (Å²) in [4.78, 5) is 26.1. The van der Waals surface area contributed by atoms with Crippen LogP contribution >= 0.6 is 0 Å². The molecule has 0 unspecified atom stereocenters. The van der Waals surface area contributed by atoms with Crippen molar-refractivity contribution in [1.29, 1.82) is 0 Å². The van der Waals surface area contributed by atoms with Gasteiger partial charge in [0.25, 0.3) is 5.91 Å². The predicted molar refractivity (Wildman–Crippen MR) is 106 cm³/mol. The molecule has 6 heteroatoms. The lowest BCUT2D eigenvalue weighted by Gasteiger charge is -2.36. The Morgan fingerprint density at radius 1 is 1.07 bits per heavy atom. The highest BCUT2D eigenvalue weighted by Crippen LogP contribution is 2.39. The molecule has 1 atom stereocenters. The second-order valence-electron chi connectivity index (χ2n) is 7.23. The minimum Gasteiger partial charge on any atom is -0.490 e. The van der Waals surface area contributed by atoms with E-state index in [2.05, 4.69) is 11.4 Å². The van der Waals surface area contributed by atoms with E-state index < -0.39 is 0 Å². The van der Waals surface area contributed by atoms with Crippen LogP contribution in [-0.2, 0) is 11.2 Å². The fraction of sp³-hybridized carbons (Fsp3) is 0.364. The van der Waals surface area contributed by atoms with E-state index in [1.165, 1.54) is 12.5 Å². The van der Waals surface area contributed by atoms with E-state index in [0.29, 0.717) is 31.0 Å². The first kappa shape index (κ1) is 18.3. The van der Waals surface area contributed by atoms with Crippen LogP contribution in [0.4, 0.5) is 5.69 Å². The summed E-state index contributed by atoms with van der Waals surface area (Å²) in [5.41, 5.74) is 3.61. The smallest absolute Gasteiger partial charge is 0.254 e. The van der Waals surface area contributed by atoms with Crippen molar-refractivity contribution in [3.8, 4) is 11.5 Å². The van der Waals surface area contributed by atoms with Gasteiger partial charge in [-0.1, -0.05) is 0 Å². The molecule has 2 amide bonds. The molecule has 146 valence electrons. The SMILES string of the molecule is CC(=O)Nc1ccc(C(=O)N2CCc3cc4c(cc3[C@H]2C)OCCCO4)cc1. The number of nitrogens with one attached hydrogen (secondary N) is 1. The Morgan fingerprint density at radius 3 is 2.43 bits per heavy atom. The quantitative estimate of drug-likeness (QED) is 0.865. The van der Waals surface area contributed by atoms with Crippen molar-refractivity contribution in [2.75, 3.05) is 25.1 Å². The maximum Gasteiger partial charge on any atom is 0.254 e. The Balaban J connectivity index is 1.56. The molecule has 0 spiro atoms. The Kier molecular flexibility index (Phi) is 4.94. The molecule has 2 heterocycles. The van der Waals surface area contributed by atoms with Gasteiger partial charge < -0.3 is 19.7 Å². The van der Waals surface area contributed by atoms with Crippen LogP contribution in [0.3, 0.4) is 0 Å². The van der Waals surface area contributed by atoms with Crippen molar-refractivity contribution in [2.45, 2.75) is 32.7 Å². The molecule has 0 fully saturated rings. The highest BCUT2D eigenvalue weighted by Gasteiger charge is 2.30. The van der Waals surface area contributed by atoms with Gasteiger partial charge in [0.05, 0.1) is 19.3 Å². The molecular weight excluding hydrogens is 356 g/mol. The number of benzene rings is 2. The highest BCUT2D eigenvalue weighted by molar-refractivity contribution is 5.96. The maximum absolute atomic E-state index is 13.1. The Bertz CT molecular complexity index is 907. The second-order valence-corrected chi connectivity index (χ2v) is 7.23. The van der Waals surface area contributed by atoms with Gasteiger partial charge in [0.1, 0.15) is 0 Å². The number of hydrogen-bond acceptors (Lipinski definition) is 4. The molecule has 2 aliphatic heterocycles. The van der Waals surface area contributed by atoms with Crippen LogP contribution in [0.5, 0.6) is 11.5 Å². The van der Waals surface area contributed by atoms with Gasteiger partial charge in [-0.25, -0.2) is 0 Å². The first-order valence-corrected chi connectivity index (χ1v) is 9.64. The molecule has 0 bridgehead atoms. The number of rotatable bonds is 2. The number of nitrogens with zero attached hydrogens (tertiary/aromatic N) is 1. The molecule has 28 heavy (non-hydrogen) atoms. The second kappa shape index (κ2) is 7.54. The van der Waals surface area contributed by atoms with Gasteiger partial charge in [-0.15, -0.1) is 0 Å². The fourth-order valence-corrected chi connectivity index (χ4v) is 3.82. The largest absolute Gasteiger partial charge is 0.490 e. The average Bonchev–Trinajstić information content (AvgIpc) is 2.91. The molecular formula is C22H24N2O4. The van der Waals surface area contributed by atoms with Gasteiger partial charge in [-0.3, -0.25) is 9.59 Å². The van der Waals surface area contributed by atoms with Gasteiger partial charge in [0.15, 0.2) is 11.5 Å². The minimum absolute atomic E-state index is 0.0142. The predicted octanol–water partition coefficient (Wildman–Crippen LogP) is 3.57. The van der Waals surface area contributed by atoms with Crippen LogP contribution in [-0.4, -0.2) is 36.5 Å². The molecule has 0 aliphatic carbocycles. The van der Waals surface area contributed by atoms with E-state index in [-0.39, 0.29) is 17.9 Å². The number of hydrogen-bond donors (Lipinski definition) is 1.